The molecule has 4 aliphatic rings. The Balaban J connectivity index is 1.34. The Morgan fingerprint density at radius 3 is 2.57 bits per heavy atom. The van der Waals surface area contributed by atoms with E-state index in [1.54, 1.807) is 0 Å². The molecule has 2 aliphatic carbocycles. The van der Waals surface area contributed by atoms with Crippen molar-refractivity contribution in [2.24, 2.45) is 16.8 Å². The van der Waals surface area contributed by atoms with Crippen molar-refractivity contribution in [2.75, 3.05) is 19.6 Å². The Bertz CT molecular complexity index is 821. The molecule has 0 aromatic heterocycles. The summed E-state index contributed by atoms with van der Waals surface area (Å²) >= 11 is 0. The van der Waals surface area contributed by atoms with Crippen LogP contribution in [0.3, 0.4) is 0 Å². The summed E-state index contributed by atoms with van der Waals surface area (Å²) in [6, 6.07) is 8.47. The molecule has 1 spiro atoms. The molecule has 148 valence electrons. The molecule has 2 amide bonds. The van der Waals surface area contributed by atoms with E-state index in [2.05, 4.69) is 31.2 Å². The molecule has 2 aliphatic heterocycles. The van der Waals surface area contributed by atoms with Gasteiger partial charge in [-0.2, -0.15) is 0 Å². The third-order valence-corrected chi connectivity index (χ3v) is 6.76. The molecule has 1 aromatic carbocycles. The van der Waals surface area contributed by atoms with Gasteiger partial charge in [-0.05, 0) is 56.4 Å². The number of nitrogens with zero attached hydrogens (tertiary/aromatic N) is 3. The molecule has 3 fully saturated rings. The number of hydrogen-bond donors (Lipinski definition) is 0. The number of piperidine rings is 1. The van der Waals surface area contributed by atoms with Crippen molar-refractivity contribution in [2.45, 2.75) is 57.4 Å². The first kappa shape index (κ1) is 17.9. The Kier molecular flexibility index (Phi) is 4.29. The Morgan fingerprint density at radius 2 is 1.93 bits per heavy atom. The summed E-state index contributed by atoms with van der Waals surface area (Å²) in [6.07, 6.45) is 6.97. The zero-order valence-corrected chi connectivity index (χ0v) is 16.7. The summed E-state index contributed by atoms with van der Waals surface area (Å²) in [6.45, 7) is 4.50. The minimum Gasteiger partial charge on any atom is -0.342 e. The Labute approximate surface area is 166 Å². The van der Waals surface area contributed by atoms with E-state index < -0.39 is 5.54 Å². The summed E-state index contributed by atoms with van der Waals surface area (Å²) in [4.78, 5) is 34.5. The molecule has 2 saturated carbocycles. The van der Waals surface area contributed by atoms with Crippen LogP contribution in [0.25, 0.3) is 0 Å². The molecule has 0 N–H and O–H groups in total. The second-order valence-corrected chi connectivity index (χ2v) is 9.00. The van der Waals surface area contributed by atoms with Crippen LogP contribution in [-0.2, 0) is 16.0 Å². The molecule has 1 atom stereocenters. The van der Waals surface area contributed by atoms with Gasteiger partial charge < -0.3 is 4.90 Å². The standard InChI is InChI=1S/C23H29N3O2/c1-2-16-5-7-18(8-6-16)20-24-23(11-12-23)22(28)26(20)15-17-4-3-13-25(14-17)21(27)19-9-10-19/h5-8,17,19H,2-4,9-15H2,1H3/t17-/m0/s1. The minimum absolute atomic E-state index is 0.174. The van der Waals surface area contributed by atoms with Gasteiger partial charge in [0.05, 0.1) is 0 Å². The summed E-state index contributed by atoms with van der Waals surface area (Å²) < 4.78 is 0. The first-order valence-electron chi connectivity index (χ1n) is 10.9. The van der Waals surface area contributed by atoms with Crippen molar-refractivity contribution in [1.29, 1.82) is 0 Å². The van der Waals surface area contributed by atoms with Gasteiger partial charge >= 0.3 is 0 Å². The van der Waals surface area contributed by atoms with Crippen LogP contribution in [0.4, 0.5) is 0 Å². The van der Waals surface area contributed by atoms with Gasteiger partial charge in [-0.15, -0.1) is 0 Å². The zero-order chi connectivity index (χ0) is 19.3. The van der Waals surface area contributed by atoms with Crippen molar-refractivity contribution in [3.8, 4) is 0 Å². The lowest BCUT2D eigenvalue weighted by atomic mass is 9.96. The lowest BCUT2D eigenvalue weighted by Crippen LogP contribution is -2.46. The molecule has 1 saturated heterocycles. The van der Waals surface area contributed by atoms with E-state index in [9.17, 15) is 9.59 Å². The molecule has 2 heterocycles. The summed E-state index contributed by atoms with van der Waals surface area (Å²) in [7, 11) is 0. The third-order valence-electron chi connectivity index (χ3n) is 6.76. The normalized spacial score (nSPS) is 26.0. The molecule has 0 radical (unpaired) electrons. The Morgan fingerprint density at radius 1 is 1.18 bits per heavy atom. The number of carbonyl (C=O) groups is 2. The van der Waals surface area contributed by atoms with Gasteiger partial charge in [0, 0.05) is 31.1 Å². The second kappa shape index (κ2) is 6.71. The third kappa shape index (κ3) is 3.15. The van der Waals surface area contributed by atoms with E-state index in [-0.39, 0.29) is 11.8 Å². The highest BCUT2D eigenvalue weighted by molar-refractivity contribution is 6.16. The molecular formula is C23H29N3O2. The number of carbonyl (C=O) groups excluding carboxylic acids is 2. The van der Waals surface area contributed by atoms with Crippen LogP contribution in [0.1, 0.15) is 56.6 Å². The van der Waals surface area contributed by atoms with Crippen LogP contribution in [-0.4, -0.2) is 52.6 Å². The molecule has 5 heteroatoms. The first-order valence-corrected chi connectivity index (χ1v) is 10.9. The number of aliphatic imine (C=N–C) groups is 1. The van der Waals surface area contributed by atoms with Gasteiger partial charge in [-0.3, -0.25) is 19.5 Å². The fourth-order valence-electron chi connectivity index (χ4n) is 4.64. The average molecular weight is 380 g/mol. The van der Waals surface area contributed by atoms with Gasteiger partial charge in [0.25, 0.3) is 5.91 Å². The fourth-order valence-corrected chi connectivity index (χ4v) is 4.64. The lowest BCUT2D eigenvalue weighted by Gasteiger charge is -2.35. The minimum atomic E-state index is -0.475. The topological polar surface area (TPSA) is 53.0 Å². The number of hydrogen-bond acceptors (Lipinski definition) is 3. The van der Waals surface area contributed by atoms with Gasteiger partial charge in [-0.25, -0.2) is 0 Å². The zero-order valence-electron chi connectivity index (χ0n) is 16.7. The van der Waals surface area contributed by atoms with E-state index in [0.29, 0.717) is 18.4 Å². The smallest absolute Gasteiger partial charge is 0.256 e. The predicted molar refractivity (Wildman–Crippen MR) is 108 cm³/mol. The summed E-state index contributed by atoms with van der Waals surface area (Å²) in [5, 5.41) is 0. The highest BCUT2D eigenvalue weighted by Crippen LogP contribution is 2.46. The number of amidine groups is 1. The number of amides is 2. The maximum atomic E-state index is 13.1. The molecule has 28 heavy (non-hydrogen) atoms. The Hall–Kier alpha value is -2.17. The second-order valence-electron chi connectivity index (χ2n) is 9.00. The summed E-state index contributed by atoms with van der Waals surface area (Å²) in [5.41, 5.74) is 1.86. The van der Waals surface area contributed by atoms with E-state index in [4.69, 9.17) is 4.99 Å². The number of likely N-dealkylation sites (tertiary alicyclic amines) is 1. The fraction of sp³-hybridized carbons (Fsp3) is 0.609. The van der Waals surface area contributed by atoms with Crippen molar-refractivity contribution >= 4 is 17.6 Å². The predicted octanol–water partition coefficient (Wildman–Crippen LogP) is 3.02. The maximum absolute atomic E-state index is 13.1. The quantitative estimate of drug-likeness (QED) is 0.790. The molecule has 0 unspecified atom stereocenters. The van der Waals surface area contributed by atoms with Crippen LogP contribution in [0.15, 0.2) is 29.3 Å². The van der Waals surface area contributed by atoms with Crippen LogP contribution in [0, 0.1) is 11.8 Å². The highest BCUT2D eigenvalue weighted by atomic mass is 16.2. The van der Waals surface area contributed by atoms with Crippen LogP contribution >= 0.6 is 0 Å². The van der Waals surface area contributed by atoms with Gasteiger partial charge in [-0.1, -0.05) is 31.2 Å². The van der Waals surface area contributed by atoms with Gasteiger partial charge in [0.2, 0.25) is 5.91 Å². The van der Waals surface area contributed by atoms with E-state index in [1.807, 2.05) is 9.80 Å². The number of rotatable bonds is 5. The van der Waals surface area contributed by atoms with Crippen molar-refractivity contribution in [3.05, 3.63) is 35.4 Å². The van der Waals surface area contributed by atoms with Crippen LogP contribution in [0.5, 0.6) is 0 Å². The van der Waals surface area contributed by atoms with Crippen molar-refractivity contribution in [1.82, 2.24) is 9.80 Å². The van der Waals surface area contributed by atoms with Gasteiger partial charge in [0.15, 0.2) is 0 Å². The molecule has 1 aromatic rings. The van der Waals surface area contributed by atoms with Crippen molar-refractivity contribution < 1.29 is 9.59 Å². The summed E-state index contributed by atoms with van der Waals surface area (Å²) in [5.74, 6) is 1.97. The van der Waals surface area contributed by atoms with E-state index >= 15 is 0 Å². The largest absolute Gasteiger partial charge is 0.342 e. The van der Waals surface area contributed by atoms with Gasteiger partial charge in [0.1, 0.15) is 11.4 Å². The van der Waals surface area contributed by atoms with Crippen molar-refractivity contribution in [3.63, 3.8) is 0 Å². The van der Waals surface area contributed by atoms with E-state index in [0.717, 1.165) is 69.4 Å². The lowest BCUT2D eigenvalue weighted by molar-refractivity contribution is -0.134. The molecule has 5 rings (SSSR count). The van der Waals surface area contributed by atoms with Crippen LogP contribution < -0.4 is 0 Å². The molecule has 5 nitrogen and oxygen atoms in total. The SMILES string of the molecule is CCc1ccc(C2=NC3(CC3)C(=O)N2C[C@H]2CCCN(C(=O)C3CC3)C2)cc1. The number of benzene rings is 1. The highest BCUT2D eigenvalue weighted by Gasteiger charge is 2.57. The first-order chi connectivity index (χ1) is 13.6. The van der Waals surface area contributed by atoms with Crippen LogP contribution in [0.2, 0.25) is 0 Å². The average Bonchev–Trinajstić information content (AvgIpc) is 3.64. The maximum Gasteiger partial charge on any atom is 0.256 e. The molecule has 0 bridgehead atoms. The number of aryl methyl sites for hydroxylation is 1. The van der Waals surface area contributed by atoms with E-state index in [1.165, 1.54) is 5.56 Å². The monoisotopic (exact) mass is 379 g/mol. The molecular weight excluding hydrogens is 350 g/mol.